The van der Waals surface area contributed by atoms with Gasteiger partial charge in [0.05, 0.1) is 0 Å². The van der Waals surface area contributed by atoms with Gasteiger partial charge in [-0.15, -0.1) is 0 Å². The van der Waals surface area contributed by atoms with Crippen LogP contribution in [-0.4, -0.2) is 5.97 Å². The van der Waals surface area contributed by atoms with Crippen molar-refractivity contribution in [1.82, 2.24) is 0 Å². The molecule has 0 fully saturated rings. The number of hydrogen-bond donors (Lipinski definition) is 0. The molecule has 0 N–H and O–H groups in total. The molecule has 0 saturated heterocycles. The van der Waals surface area contributed by atoms with Crippen LogP contribution in [0.4, 0.5) is 0 Å². The summed E-state index contributed by atoms with van der Waals surface area (Å²) in [5.74, 6) is 0.0595. The second-order valence-electron chi connectivity index (χ2n) is 4.32. The Kier molecular flexibility index (Phi) is 4.45. The molecular formula is C17H16NO2+. The topological polar surface area (TPSA) is 30.2 Å². The molecule has 0 amide bonds. The van der Waals surface area contributed by atoms with Crippen molar-refractivity contribution in [3.05, 3.63) is 72.6 Å². The number of rotatable bonds is 4. The number of pyridine rings is 1. The van der Waals surface area contributed by atoms with Crippen molar-refractivity contribution in [2.75, 3.05) is 0 Å². The Balaban J connectivity index is 2.05. The largest absolute Gasteiger partial charge is 0.423 e. The molecule has 2 aromatic rings. The monoisotopic (exact) mass is 266 g/mol. The summed E-state index contributed by atoms with van der Waals surface area (Å²) < 4.78 is 7.00. The van der Waals surface area contributed by atoms with E-state index in [1.165, 1.54) is 0 Å². The van der Waals surface area contributed by atoms with Gasteiger partial charge in [-0.2, -0.15) is 0 Å². The van der Waals surface area contributed by atoms with Gasteiger partial charge in [0.15, 0.2) is 12.4 Å². The Labute approximate surface area is 118 Å². The minimum Gasteiger partial charge on any atom is -0.423 e. The maximum atomic E-state index is 11.0. The van der Waals surface area contributed by atoms with Crippen LogP contribution < -0.4 is 9.30 Å². The fraction of sp³-hybridized carbons (Fsp3) is 0.0588. The van der Waals surface area contributed by atoms with Crippen LogP contribution in [0.25, 0.3) is 12.2 Å². The maximum Gasteiger partial charge on any atom is 0.335 e. The third-order valence-electron chi connectivity index (χ3n) is 2.74. The van der Waals surface area contributed by atoms with E-state index < -0.39 is 5.97 Å². The van der Waals surface area contributed by atoms with Crippen molar-refractivity contribution >= 4 is 18.1 Å². The minimum absolute atomic E-state index is 0.453. The van der Waals surface area contributed by atoms with E-state index in [0.717, 1.165) is 17.2 Å². The van der Waals surface area contributed by atoms with E-state index in [0.29, 0.717) is 5.75 Å². The predicted molar refractivity (Wildman–Crippen MR) is 78.8 cm³/mol. The average molecular weight is 266 g/mol. The first-order valence-electron chi connectivity index (χ1n) is 6.25. The van der Waals surface area contributed by atoms with Crippen molar-refractivity contribution in [1.29, 1.82) is 0 Å². The summed E-state index contributed by atoms with van der Waals surface area (Å²) in [6.45, 7) is 3.36. The maximum absolute atomic E-state index is 11.0. The highest BCUT2D eigenvalue weighted by Gasteiger charge is 1.98. The second kappa shape index (κ2) is 6.48. The number of carbonyl (C=O) groups is 1. The summed E-state index contributed by atoms with van der Waals surface area (Å²) in [7, 11) is 1.98. The fourth-order valence-electron chi connectivity index (χ4n) is 1.62. The van der Waals surface area contributed by atoms with Gasteiger partial charge in [-0.1, -0.05) is 30.9 Å². The SMILES string of the molecule is C=CC(=O)Oc1ccc(C=Cc2cc[n+](C)cc2)cc1. The van der Waals surface area contributed by atoms with Gasteiger partial charge in [-0.3, -0.25) is 0 Å². The highest BCUT2D eigenvalue weighted by Crippen LogP contribution is 2.14. The number of nitrogens with zero attached hydrogens (tertiary/aromatic N) is 1. The summed E-state index contributed by atoms with van der Waals surface area (Å²) in [6.07, 6.45) is 9.18. The van der Waals surface area contributed by atoms with Gasteiger partial charge in [0.25, 0.3) is 0 Å². The number of aromatic nitrogens is 1. The summed E-state index contributed by atoms with van der Waals surface area (Å²) >= 11 is 0. The van der Waals surface area contributed by atoms with E-state index in [-0.39, 0.29) is 0 Å². The molecule has 3 heteroatoms. The molecule has 0 spiro atoms. The Hall–Kier alpha value is -2.68. The summed E-state index contributed by atoms with van der Waals surface area (Å²) in [5, 5.41) is 0. The van der Waals surface area contributed by atoms with Crippen molar-refractivity contribution in [3.8, 4) is 5.75 Å². The number of benzene rings is 1. The van der Waals surface area contributed by atoms with Crippen LogP contribution in [0, 0.1) is 0 Å². The Morgan fingerprint density at radius 1 is 1.05 bits per heavy atom. The predicted octanol–water partition coefficient (Wildman–Crippen LogP) is 2.77. The second-order valence-corrected chi connectivity index (χ2v) is 4.32. The lowest BCUT2D eigenvalue weighted by Gasteiger charge is -2.01. The zero-order valence-corrected chi connectivity index (χ0v) is 11.3. The zero-order chi connectivity index (χ0) is 14.4. The standard InChI is InChI=1S/C17H16NO2/c1-3-17(19)20-16-8-6-14(7-9-16)4-5-15-10-12-18(2)13-11-15/h3-13H,1H2,2H3/q+1. The normalized spacial score (nSPS) is 10.4. The van der Waals surface area contributed by atoms with Crippen LogP contribution in [0.5, 0.6) is 5.75 Å². The molecule has 0 aliphatic heterocycles. The Bertz CT molecular complexity index is 625. The first-order chi connectivity index (χ1) is 9.67. The van der Waals surface area contributed by atoms with Gasteiger partial charge >= 0.3 is 5.97 Å². The number of aryl methyl sites for hydroxylation is 1. The average Bonchev–Trinajstić information content (AvgIpc) is 2.48. The molecule has 20 heavy (non-hydrogen) atoms. The van der Waals surface area contributed by atoms with E-state index in [9.17, 15) is 4.79 Å². The Morgan fingerprint density at radius 2 is 1.60 bits per heavy atom. The van der Waals surface area contributed by atoms with Crippen LogP contribution in [0.2, 0.25) is 0 Å². The van der Waals surface area contributed by atoms with Crippen LogP contribution >= 0.6 is 0 Å². The van der Waals surface area contributed by atoms with Gasteiger partial charge in [-0.05, 0) is 23.3 Å². The molecule has 1 aromatic carbocycles. The highest BCUT2D eigenvalue weighted by molar-refractivity contribution is 5.83. The first-order valence-corrected chi connectivity index (χ1v) is 6.25. The minimum atomic E-state index is -0.453. The zero-order valence-electron chi connectivity index (χ0n) is 11.3. The summed E-state index contributed by atoms with van der Waals surface area (Å²) in [6, 6.07) is 11.4. The fourth-order valence-corrected chi connectivity index (χ4v) is 1.62. The van der Waals surface area contributed by atoms with Crippen molar-refractivity contribution in [3.63, 3.8) is 0 Å². The molecule has 0 unspecified atom stereocenters. The molecule has 0 radical (unpaired) electrons. The molecule has 3 nitrogen and oxygen atoms in total. The quantitative estimate of drug-likeness (QED) is 0.369. The number of ether oxygens (including phenoxy) is 1. The van der Waals surface area contributed by atoms with Crippen molar-refractivity contribution < 1.29 is 14.1 Å². The lowest BCUT2D eigenvalue weighted by Crippen LogP contribution is -2.25. The van der Waals surface area contributed by atoms with Gasteiger partial charge < -0.3 is 4.74 Å². The van der Waals surface area contributed by atoms with Crippen LogP contribution in [0.1, 0.15) is 11.1 Å². The molecular weight excluding hydrogens is 250 g/mol. The summed E-state index contributed by atoms with van der Waals surface area (Å²) in [4.78, 5) is 11.0. The van der Waals surface area contributed by atoms with E-state index in [4.69, 9.17) is 4.74 Å². The van der Waals surface area contributed by atoms with E-state index >= 15 is 0 Å². The van der Waals surface area contributed by atoms with Crippen LogP contribution in [0.15, 0.2) is 61.4 Å². The van der Waals surface area contributed by atoms with Gasteiger partial charge in [-0.25, -0.2) is 9.36 Å². The molecule has 1 aromatic heterocycles. The molecule has 2 rings (SSSR count). The van der Waals surface area contributed by atoms with Crippen molar-refractivity contribution in [2.45, 2.75) is 0 Å². The molecule has 100 valence electrons. The van der Waals surface area contributed by atoms with E-state index in [2.05, 4.69) is 6.58 Å². The lowest BCUT2D eigenvalue weighted by atomic mass is 10.1. The molecule has 1 heterocycles. The summed E-state index contributed by atoms with van der Waals surface area (Å²) in [5.41, 5.74) is 2.17. The molecule has 0 bridgehead atoms. The number of esters is 1. The van der Waals surface area contributed by atoms with Crippen LogP contribution in [-0.2, 0) is 11.8 Å². The molecule has 0 aliphatic rings. The number of carbonyl (C=O) groups excluding carboxylic acids is 1. The highest BCUT2D eigenvalue weighted by atomic mass is 16.5. The Morgan fingerprint density at radius 3 is 2.15 bits per heavy atom. The van der Waals surface area contributed by atoms with Crippen LogP contribution in [0.3, 0.4) is 0 Å². The van der Waals surface area contributed by atoms with Gasteiger partial charge in [0, 0.05) is 18.2 Å². The van der Waals surface area contributed by atoms with E-state index in [1.54, 1.807) is 12.1 Å². The molecule has 0 atom stereocenters. The molecule has 0 saturated carbocycles. The third kappa shape index (κ3) is 3.92. The van der Waals surface area contributed by atoms with Gasteiger partial charge in [0.2, 0.25) is 0 Å². The smallest absolute Gasteiger partial charge is 0.335 e. The van der Waals surface area contributed by atoms with Crippen molar-refractivity contribution in [2.24, 2.45) is 7.05 Å². The van der Waals surface area contributed by atoms with Gasteiger partial charge in [0.1, 0.15) is 12.8 Å². The third-order valence-corrected chi connectivity index (χ3v) is 2.74. The molecule has 0 aliphatic carbocycles. The number of hydrogen-bond acceptors (Lipinski definition) is 2. The van der Waals surface area contributed by atoms with E-state index in [1.807, 2.05) is 60.4 Å². The first kappa shape index (κ1) is 13.7. The lowest BCUT2D eigenvalue weighted by molar-refractivity contribution is -0.671.